The van der Waals surface area contributed by atoms with Gasteiger partial charge in [0, 0.05) is 4.88 Å². The summed E-state index contributed by atoms with van der Waals surface area (Å²) >= 11 is 1.68. The van der Waals surface area contributed by atoms with Crippen molar-refractivity contribution < 1.29 is 4.79 Å². The van der Waals surface area contributed by atoms with Crippen LogP contribution >= 0.6 is 11.3 Å². The fourth-order valence-electron chi connectivity index (χ4n) is 1.32. The Hall–Kier alpha value is -1.35. The Balaban J connectivity index is 2.40. The molecule has 66 valence electrons. The van der Waals surface area contributed by atoms with Gasteiger partial charge in [-0.1, -0.05) is 24.3 Å². The molecule has 0 fully saturated rings. The fourth-order valence-corrected chi connectivity index (χ4v) is 2.28. The first-order valence-electron chi connectivity index (χ1n) is 4.04. The Morgan fingerprint density at radius 3 is 3.08 bits per heavy atom. The number of hydrogen-bond donors (Lipinski definition) is 1. The Morgan fingerprint density at radius 1 is 1.38 bits per heavy atom. The maximum absolute atomic E-state index is 10.1. The van der Waals surface area contributed by atoms with E-state index in [1.54, 1.807) is 11.3 Å². The Bertz CT molecular complexity index is 422. The number of rotatable bonds is 3. The monoisotopic (exact) mass is 191 g/mol. The third-order valence-electron chi connectivity index (χ3n) is 1.94. The van der Waals surface area contributed by atoms with Crippen LogP contribution in [0.4, 0.5) is 0 Å². The van der Waals surface area contributed by atoms with Crippen LogP contribution in [0, 0.1) is 0 Å². The zero-order chi connectivity index (χ0) is 9.10. The van der Waals surface area contributed by atoms with Crippen molar-refractivity contribution >= 4 is 28.5 Å². The van der Waals surface area contributed by atoms with Crippen LogP contribution in [0.2, 0.25) is 0 Å². The van der Waals surface area contributed by atoms with E-state index in [9.17, 15) is 4.79 Å². The van der Waals surface area contributed by atoms with Crippen LogP contribution in [0.5, 0.6) is 0 Å². The van der Waals surface area contributed by atoms with Crippen LogP contribution in [0.1, 0.15) is 4.88 Å². The summed E-state index contributed by atoms with van der Waals surface area (Å²) in [5.74, 6) is 0. The zero-order valence-electron chi connectivity index (χ0n) is 6.99. The molecule has 0 radical (unpaired) electrons. The number of thiophene rings is 1. The summed E-state index contributed by atoms with van der Waals surface area (Å²) in [6.45, 7) is 0.627. The van der Waals surface area contributed by atoms with E-state index in [0.717, 1.165) is 6.41 Å². The summed E-state index contributed by atoms with van der Waals surface area (Å²) in [5, 5.41) is 7.26. The molecular weight excluding hydrogens is 182 g/mol. The average Bonchev–Trinajstić information content (AvgIpc) is 2.58. The minimum Gasteiger partial charge on any atom is -0.354 e. The number of carbonyl (C=O) groups is 1. The molecule has 2 nitrogen and oxygen atoms in total. The lowest BCUT2D eigenvalue weighted by molar-refractivity contribution is -0.109. The predicted octanol–water partition coefficient (Wildman–Crippen LogP) is 2.15. The van der Waals surface area contributed by atoms with E-state index >= 15 is 0 Å². The number of nitrogens with one attached hydrogen (secondary N) is 1. The largest absolute Gasteiger partial charge is 0.354 e. The summed E-state index contributed by atoms with van der Waals surface area (Å²) in [5.41, 5.74) is 0. The third kappa shape index (κ3) is 1.55. The molecule has 13 heavy (non-hydrogen) atoms. The van der Waals surface area contributed by atoms with Crippen molar-refractivity contribution in [2.45, 2.75) is 6.54 Å². The van der Waals surface area contributed by atoms with Gasteiger partial charge in [-0.15, -0.1) is 11.3 Å². The van der Waals surface area contributed by atoms with Gasteiger partial charge in [0.1, 0.15) is 0 Å². The number of carbonyl (C=O) groups excluding carboxylic acids is 1. The van der Waals surface area contributed by atoms with E-state index in [1.165, 1.54) is 15.6 Å². The van der Waals surface area contributed by atoms with Gasteiger partial charge < -0.3 is 5.32 Å². The van der Waals surface area contributed by atoms with Crippen LogP contribution < -0.4 is 5.32 Å². The summed E-state index contributed by atoms with van der Waals surface area (Å²) in [6.07, 6.45) is 0.731. The van der Waals surface area contributed by atoms with Crippen molar-refractivity contribution in [3.63, 3.8) is 0 Å². The molecule has 0 saturated carbocycles. The van der Waals surface area contributed by atoms with E-state index < -0.39 is 0 Å². The van der Waals surface area contributed by atoms with Crippen molar-refractivity contribution in [3.05, 3.63) is 34.5 Å². The molecule has 2 rings (SSSR count). The maximum atomic E-state index is 10.1. The van der Waals surface area contributed by atoms with Crippen molar-refractivity contribution in [3.8, 4) is 0 Å². The van der Waals surface area contributed by atoms with Gasteiger partial charge in [0.25, 0.3) is 0 Å². The van der Waals surface area contributed by atoms with E-state index in [1.807, 2.05) is 12.1 Å². The molecule has 0 aliphatic rings. The first kappa shape index (κ1) is 8.26. The van der Waals surface area contributed by atoms with Crippen LogP contribution in [0.25, 0.3) is 10.8 Å². The number of fused-ring (bicyclic) bond motifs is 1. The molecule has 1 aromatic carbocycles. The fraction of sp³-hybridized carbons (Fsp3) is 0.100. The Morgan fingerprint density at radius 2 is 2.23 bits per heavy atom. The number of amides is 1. The topological polar surface area (TPSA) is 29.1 Å². The van der Waals surface area contributed by atoms with Crippen molar-refractivity contribution in [2.75, 3.05) is 0 Å². The van der Waals surface area contributed by atoms with Crippen molar-refractivity contribution in [2.24, 2.45) is 0 Å². The molecule has 0 bridgehead atoms. The lowest BCUT2D eigenvalue weighted by Crippen LogP contribution is -2.08. The van der Waals surface area contributed by atoms with Crippen LogP contribution in [-0.4, -0.2) is 6.41 Å². The number of benzene rings is 1. The smallest absolute Gasteiger partial charge is 0.207 e. The summed E-state index contributed by atoms with van der Waals surface area (Å²) in [6, 6.07) is 8.19. The highest BCUT2D eigenvalue weighted by Crippen LogP contribution is 2.24. The van der Waals surface area contributed by atoms with Gasteiger partial charge in [-0.3, -0.25) is 4.79 Å². The first-order valence-corrected chi connectivity index (χ1v) is 4.92. The molecule has 1 amide bonds. The van der Waals surface area contributed by atoms with Gasteiger partial charge in [0.2, 0.25) is 6.41 Å². The van der Waals surface area contributed by atoms with Gasteiger partial charge in [-0.05, 0) is 16.2 Å². The van der Waals surface area contributed by atoms with Crippen LogP contribution in [0.3, 0.4) is 0 Å². The van der Waals surface area contributed by atoms with Crippen molar-refractivity contribution in [1.82, 2.24) is 5.32 Å². The van der Waals surface area contributed by atoms with Gasteiger partial charge in [-0.2, -0.15) is 0 Å². The average molecular weight is 191 g/mol. The molecule has 0 atom stereocenters. The summed E-state index contributed by atoms with van der Waals surface area (Å²) in [4.78, 5) is 11.3. The molecule has 1 N–H and O–H groups in total. The zero-order valence-corrected chi connectivity index (χ0v) is 7.80. The summed E-state index contributed by atoms with van der Waals surface area (Å²) in [7, 11) is 0. The minimum absolute atomic E-state index is 0.627. The SMILES string of the molecule is O=CNCc1scc2ccccc12. The van der Waals surface area contributed by atoms with Crippen LogP contribution in [0.15, 0.2) is 29.6 Å². The quantitative estimate of drug-likeness (QED) is 0.740. The van der Waals surface area contributed by atoms with E-state index in [-0.39, 0.29) is 0 Å². The molecule has 1 aromatic heterocycles. The summed E-state index contributed by atoms with van der Waals surface area (Å²) < 4.78 is 0. The second-order valence-corrected chi connectivity index (χ2v) is 3.71. The molecule has 1 heterocycles. The lowest BCUT2D eigenvalue weighted by atomic mass is 10.2. The standard InChI is InChI=1S/C10H9NOS/c12-7-11-5-10-9-4-2-1-3-8(9)6-13-10/h1-4,6-7H,5H2,(H,11,12). The number of hydrogen-bond acceptors (Lipinski definition) is 2. The molecule has 0 aliphatic heterocycles. The van der Waals surface area contributed by atoms with Gasteiger partial charge in [0.05, 0.1) is 6.54 Å². The molecule has 0 aliphatic carbocycles. The second kappa shape index (κ2) is 3.58. The minimum atomic E-state index is 0.627. The molecule has 0 unspecified atom stereocenters. The predicted molar refractivity (Wildman–Crippen MR) is 54.7 cm³/mol. The lowest BCUT2D eigenvalue weighted by Gasteiger charge is -1.95. The Labute approximate surface area is 80.2 Å². The molecule has 0 saturated heterocycles. The Kier molecular flexibility index (Phi) is 2.27. The van der Waals surface area contributed by atoms with E-state index in [0.29, 0.717) is 6.54 Å². The first-order chi connectivity index (χ1) is 6.42. The molecular formula is C10H9NOS. The molecule has 2 aromatic rings. The van der Waals surface area contributed by atoms with Crippen LogP contribution in [-0.2, 0) is 11.3 Å². The molecule has 0 spiro atoms. The van der Waals surface area contributed by atoms with Crippen molar-refractivity contribution in [1.29, 1.82) is 0 Å². The van der Waals surface area contributed by atoms with E-state index in [4.69, 9.17) is 0 Å². The normalized spacial score (nSPS) is 10.2. The molecule has 3 heteroatoms. The second-order valence-electron chi connectivity index (χ2n) is 2.74. The van der Waals surface area contributed by atoms with E-state index in [2.05, 4.69) is 22.8 Å². The highest BCUT2D eigenvalue weighted by atomic mass is 32.1. The van der Waals surface area contributed by atoms with Gasteiger partial charge in [0.15, 0.2) is 0 Å². The third-order valence-corrected chi connectivity index (χ3v) is 2.96. The van der Waals surface area contributed by atoms with Gasteiger partial charge in [-0.25, -0.2) is 0 Å². The highest BCUT2D eigenvalue weighted by molar-refractivity contribution is 7.11. The maximum Gasteiger partial charge on any atom is 0.207 e. The highest BCUT2D eigenvalue weighted by Gasteiger charge is 2.01. The van der Waals surface area contributed by atoms with Gasteiger partial charge >= 0.3 is 0 Å².